The van der Waals surface area contributed by atoms with Crippen LogP contribution in [0.2, 0.25) is 0 Å². The SMILES string of the molecule is C1CNC[C@@H](N2CCCC2)C1. The van der Waals surface area contributed by atoms with Crippen LogP contribution in [0.25, 0.3) is 0 Å². The van der Waals surface area contributed by atoms with E-state index in [1.165, 1.54) is 51.9 Å². The van der Waals surface area contributed by atoms with Crippen LogP contribution in [-0.2, 0) is 0 Å². The zero-order valence-electron chi connectivity index (χ0n) is 7.18. The minimum absolute atomic E-state index is 0.867. The predicted molar refractivity (Wildman–Crippen MR) is 46.7 cm³/mol. The highest BCUT2D eigenvalue weighted by atomic mass is 15.2. The molecule has 64 valence electrons. The van der Waals surface area contributed by atoms with Gasteiger partial charge in [-0.1, -0.05) is 0 Å². The first-order valence-electron chi connectivity index (χ1n) is 4.91. The average Bonchev–Trinajstić information content (AvgIpc) is 2.58. The van der Waals surface area contributed by atoms with Crippen LogP contribution in [0.3, 0.4) is 0 Å². The molecule has 2 aliphatic rings. The molecule has 0 radical (unpaired) electrons. The van der Waals surface area contributed by atoms with Gasteiger partial charge in [-0.3, -0.25) is 4.90 Å². The quantitative estimate of drug-likeness (QED) is 0.602. The Bertz CT molecular complexity index is 113. The molecular formula is C9H18N2. The van der Waals surface area contributed by atoms with Gasteiger partial charge in [0.15, 0.2) is 0 Å². The number of nitrogens with one attached hydrogen (secondary N) is 1. The number of piperidine rings is 1. The normalized spacial score (nSPS) is 34.4. The number of likely N-dealkylation sites (tertiary alicyclic amines) is 1. The summed E-state index contributed by atoms with van der Waals surface area (Å²) in [5.74, 6) is 0. The lowest BCUT2D eigenvalue weighted by Crippen LogP contribution is -2.44. The van der Waals surface area contributed by atoms with E-state index in [1.807, 2.05) is 0 Å². The van der Waals surface area contributed by atoms with Crippen molar-refractivity contribution in [2.45, 2.75) is 31.7 Å². The van der Waals surface area contributed by atoms with Crippen molar-refractivity contribution in [1.82, 2.24) is 10.2 Å². The third-order valence-electron chi connectivity index (χ3n) is 2.93. The summed E-state index contributed by atoms with van der Waals surface area (Å²) in [4.78, 5) is 2.66. The second-order valence-corrected chi connectivity index (χ2v) is 3.74. The van der Waals surface area contributed by atoms with Gasteiger partial charge in [-0.2, -0.15) is 0 Å². The monoisotopic (exact) mass is 154 g/mol. The van der Waals surface area contributed by atoms with Crippen molar-refractivity contribution >= 4 is 0 Å². The lowest BCUT2D eigenvalue weighted by Gasteiger charge is -2.31. The molecule has 11 heavy (non-hydrogen) atoms. The third kappa shape index (κ3) is 1.74. The first-order valence-corrected chi connectivity index (χ1v) is 4.91. The Labute approximate surface area is 69.0 Å². The van der Waals surface area contributed by atoms with E-state index in [-0.39, 0.29) is 0 Å². The summed E-state index contributed by atoms with van der Waals surface area (Å²) in [5, 5.41) is 3.47. The Hall–Kier alpha value is -0.0800. The highest BCUT2D eigenvalue weighted by Crippen LogP contribution is 2.16. The second kappa shape index (κ2) is 3.55. The van der Waals surface area contributed by atoms with E-state index in [0.717, 1.165) is 6.04 Å². The maximum atomic E-state index is 3.47. The topological polar surface area (TPSA) is 15.3 Å². The van der Waals surface area contributed by atoms with Gasteiger partial charge in [0.2, 0.25) is 0 Å². The van der Waals surface area contributed by atoms with Crippen molar-refractivity contribution in [3.63, 3.8) is 0 Å². The van der Waals surface area contributed by atoms with Crippen molar-refractivity contribution in [1.29, 1.82) is 0 Å². The van der Waals surface area contributed by atoms with Crippen molar-refractivity contribution in [3.05, 3.63) is 0 Å². The highest BCUT2D eigenvalue weighted by Gasteiger charge is 2.22. The largest absolute Gasteiger partial charge is 0.315 e. The van der Waals surface area contributed by atoms with Crippen molar-refractivity contribution in [2.75, 3.05) is 26.2 Å². The molecule has 0 aliphatic carbocycles. The number of rotatable bonds is 1. The minimum atomic E-state index is 0.867. The standard InChI is InChI=1S/C9H18N2/c1-2-7-11(6-1)9-4-3-5-10-8-9/h9-10H,1-8H2/t9-/m0/s1. The van der Waals surface area contributed by atoms with Gasteiger partial charge in [0, 0.05) is 12.6 Å². The van der Waals surface area contributed by atoms with Crippen LogP contribution < -0.4 is 5.32 Å². The molecule has 2 rings (SSSR count). The van der Waals surface area contributed by atoms with Crippen LogP contribution in [0.1, 0.15) is 25.7 Å². The summed E-state index contributed by atoms with van der Waals surface area (Å²) < 4.78 is 0. The molecule has 2 saturated heterocycles. The van der Waals surface area contributed by atoms with E-state index in [0.29, 0.717) is 0 Å². The third-order valence-corrected chi connectivity index (χ3v) is 2.93. The summed E-state index contributed by atoms with van der Waals surface area (Å²) in [5.41, 5.74) is 0. The van der Waals surface area contributed by atoms with E-state index >= 15 is 0 Å². The van der Waals surface area contributed by atoms with E-state index in [1.54, 1.807) is 0 Å². The average molecular weight is 154 g/mol. The minimum Gasteiger partial charge on any atom is -0.315 e. The Morgan fingerprint density at radius 1 is 1.09 bits per heavy atom. The van der Waals surface area contributed by atoms with Crippen LogP contribution in [0.15, 0.2) is 0 Å². The van der Waals surface area contributed by atoms with Crippen LogP contribution in [0.5, 0.6) is 0 Å². The highest BCUT2D eigenvalue weighted by molar-refractivity contribution is 4.80. The lowest BCUT2D eigenvalue weighted by atomic mass is 10.1. The Kier molecular flexibility index (Phi) is 2.44. The molecule has 0 amide bonds. The molecular weight excluding hydrogens is 136 g/mol. The zero-order chi connectivity index (χ0) is 7.52. The fourth-order valence-electron chi connectivity index (χ4n) is 2.25. The Balaban J connectivity index is 1.82. The molecule has 0 aromatic rings. The fraction of sp³-hybridized carbons (Fsp3) is 1.00. The summed E-state index contributed by atoms with van der Waals surface area (Å²) in [6.07, 6.45) is 5.65. The summed E-state index contributed by atoms with van der Waals surface area (Å²) in [6, 6.07) is 0.867. The molecule has 0 aromatic carbocycles. The molecule has 0 aromatic heterocycles. The molecule has 2 heteroatoms. The molecule has 0 bridgehead atoms. The van der Waals surface area contributed by atoms with Crippen molar-refractivity contribution in [3.8, 4) is 0 Å². The molecule has 0 unspecified atom stereocenters. The molecule has 1 N–H and O–H groups in total. The number of nitrogens with zero attached hydrogens (tertiary/aromatic N) is 1. The van der Waals surface area contributed by atoms with E-state index in [9.17, 15) is 0 Å². The summed E-state index contributed by atoms with van der Waals surface area (Å²) in [7, 11) is 0. The summed E-state index contributed by atoms with van der Waals surface area (Å²) >= 11 is 0. The zero-order valence-corrected chi connectivity index (χ0v) is 7.18. The second-order valence-electron chi connectivity index (χ2n) is 3.74. The van der Waals surface area contributed by atoms with Gasteiger partial charge in [0.05, 0.1) is 0 Å². The van der Waals surface area contributed by atoms with Gasteiger partial charge < -0.3 is 5.32 Å². The fourth-order valence-corrected chi connectivity index (χ4v) is 2.25. The maximum absolute atomic E-state index is 3.47. The van der Waals surface area contributed by atoms with E-state index in [4.69, 9.17) is 0 Å². The molecule has 0 saturated carbocycles. The molecule has 2 nitrogen and oxygen atoms in total. The number of hydrogen-bond acceptors (Lipinski definition) is 2. The maximum Gasteiger partial charge on any atom is 0.0221 e. The van der Waals surface area contributed by atoms with Crippen molar-refractivity contribution in [2.24, 2.45) is 0 Å². The molecule has 1 atom stereocenters. The molecule has 2 aliphatic heterocycles. The smallest absolute Gasteiger partial charge is 0.0221 e. The lowest BCUT2D eigenvalue weighted by molar-refractivity contribution is 0.203. The first-order chi connectivity index (χ1) is 5.47. The van der Waals surface area contributed by atoms with Crippen molar-refractivity contribution < 1.29 is 0 Å². The van der Waals surface area contributed by atoms with Gasteiger partial charge in [0.25, 0.3) is 0 Å². The van der Waals surface area contributed by atoms with Gasteiger partial charge >= 0.3 is 0 Å². The van der Waals surface area contributed by atoms with Gasteiger partial charge in [0.1, 0.15) is 0 Å². The first kappa shape index (κ1) is 7.56. The van der Waals surface area contributed by atoms with Gasteiger partial charge in [-0.05, 0) is 45.3 Å². The van der Waals surface area contributed by atoms with Crippen LogP contribution >= 0.6 is 0 Å². The van der Waals surface area contributed by atoms with E-state index in [2.05, 4.69) is 10.2 Å². The summed E-state index contributed by atoms with van der Waals surface area (Å²) in [6.45, 7) is 5.18. The van der Waals surface area contributed by atoms with Gasteiger partial charge in [-0.15, -0.1) is 0 Å². The molecule has 0 spiro atoms. The molecule has 2 heterocycles. The Morgan fingerprint density at radius 2 is 1.91 bits per heavy atom. The van der Waals surface area contributed by atoms with Crippen LogP contribution in [0.4, 0.5) is 0 Å². The predicted octanol–water partition coefficient (Wildman–Crippen LogP) is 0.834. The number of hydrogen-bond donors (Lipinski definition) is 1. The molecule has 2 fully saturated rings. The van der Waals surface area contributed by atoms with Gasteiger partial charge in [-0.25, -0.2) is 0 Å². The van der Waals surface area contributed by atoms with E-state index < -0.39 is 0 Å². The Morgan fingerprint density at radius 3 is 2.55 bits per heavy atom. The van der Waals surface area contributed by atoms with Crippen LogP contribution in [0, 0.1) is 0 Å². The van der Waals surface area contributed by atoms with Crippen LogP contribution in [-0.4, -0.2) is 37.1 Å².